The molecule has 2 N–H and O–H groups in total. The average Bonchev–Trinajstić information content (AvgIpc) is 2.51. The Hall–Kier alpha value is -2.77. The number of pyridine rings is 1. The van der Waals surface area contributed by atoms with Gasteiger partial charge in [-0.2, -0.15) is 18.2 Å². The predicted octanol–water partition coefficient (Wildman–Crippen LogP) is 3.00. The molecule has 0 unspecified atom stereocenters. The highest BCUT2D eigenvalue weighted by Crippen LogP contribution is 2.41. The second kappa shape index (κ2) is 5.70. The monoisotopic (exact) mass is 337 g/mol. The van der Waals surface area contributed by atoms with E-state index in [4.69, 9.17) is 10.5 Å². The zero-order chi connectivity index (χ0) is 17.5. The third-order valence-electron chi connectivity index (χ3n) is 3.68. The van der Waals surface area contributed by atoms with Gasteiger partial charge in [-0.1, -0.05) is 30.3 Å². The predicted molar refractivity (Wildman–Crippen MR) is 81.4 cm³/mol. The van der Waals surface area contributed by atoms with E-state index in [1.807, 2.05) is 6.07 Å². The van der Waals surface area contributed by atoms with Crippen molar-refractivity contribution in [3.8, 4) is 5.88 Å². The summed E-state index contributed by atoms with van der Waals surface area (Å²) < 4.78 is 44.6. The molecule has 0 spiro atoms. The number of carbonyl (C=O) groups is 1. The summed E-state index contributed by atoms with van der Waals surface area (Å²) in [4.78, 5) is 17.3. The van der Waals surface area contributed by atoms with Crippen LogP contribution in [-0.4, -0.2) is 17.0 Å². The van der Waals surface area contributed by atoms with Crippen LogP contribution in [0.1, 0.15) is 18.1 Å². The number of nitrogens with two attached hydrogens (primary N) is 1. The van der Waals surface area contributed by atoms with Crippen LogP contribution in [0.25, 0.3) is 0 Å². The molecule has 126 valence electrons. The Kier molecular flexibility index (Phi) is 3.82. The quantitative estimate of drug-likeness (QED) is 0.915. The number of fused-ring (bicyclic) bond motifs is 1. The number of nitrogen functional groups attached to an aromatic ring is 1. The van der Waals surface area contributed by atoms with Gasteiger partial charge in [0.25, 0.3) is 5.91 Å². The van der Waals surface area contributed by atoms with Gasteiger partial charge in [0.2, 0.25) is 5.88 Å². The zero-order valence-corrected chi connectivity index (χ0v) is 12.7. The zero-order valence-electron chi connectivity index (χ0n) is 12.7. The molecule has 0 bridgehead atoms. The van der Waals surface area contributed by atoms with Gasteiger partial charge in [-0.25, -0.2) is 0 Å². The topological polar surface area (TPSA) is 68.5 Å². The van der Waals surface area contributed by atoms with E-state index in [2.05, 4.69) is 4.98 Å². The summed E-state index contributed by atoms with van der Waals surface area (Å²) in [6.45, 7) is 1.63. The highest BCUT2D eigenvalue weighted by atomic mass is 19.4. The lowest BCUT2D eigenvalue weighted by atomic mass is 10.1. The number of amides is 1. The largest absolute Gasteiger partial charge is 0.463 e. The summed E-state index contributed by atoms with van der Waals surface area (Å²) >= 11 is 0. The fourth-order valence-corrected chi connectivity index (χ4v) is 2.49. The maximum absolute atomic E-state index is 13.1. The smallest absolute Gasteiger partial charge is 0.420 e. The average molecular weight is 337 g/mol. The van der Waals surface area contributed by atoms with Crippen molar-refractivity contribution in [2.45, 2.75) is 25.7 Å². The second-order valence-electron chi connectivity index (χ2n) is 5.41. The first-order chi connectivity index (χ1) is 11.3. The highest BCUT2D eigenvalue weighted by molar-refractivity contribution is 5.99. The molecule has 2 heterocycles. The fourth-order valence-electron chi connectivity index (χ4n) is 2.49. The lowest BCUT2D eigenvalue weighted by Gasteiger charge is -2.33. The van der Waals surface area contributed by atoms with E-state index in [9.17, 15) is 18.0 Å². The van der Waals surface area contributed by atoms with Crippen LogP contribution in [0, 0.1) is 0 Å². The lowest BCUT2D eigenvalue weighted by molar-refractivity contribution is -0.137. The molecule has 8 heteroatoms. The van der Waals surface area contributed by atoms with Gasteiger partial charge in [0, 0.05) is 0 Å². The first kappa shape index (κ1) is 16.1. The Morgan fingerprint density at radius 1 is 1.29 bits per heavy atom. The standard InChI is InChI=1S/C16H14F3N3O2/c1-9-15(23)22(8-10-5-3-2-4-6-10)12-7-11(16(17,18)19)13(20)21-14(12)24-9/h2-7,9H,8H2,1H3,(H2,20,21)/t9-/m1/s1. The van der Waals surface area contributed by atoms with E-state index in [1.54, 1.807) is 24.3 Å². The molecule has 24 heavy (non-hydrogen) atoms. The van der Waals surface area contributed by atoms with Gasteiger partial charge in [-0.05, 0) is 18.6 Å². The minimum atomic E-state index is -4.67. The van der Waals surface area contributed by atoms with Gasteiger partial charge in [-0.15, -0.1) is 0 Å². The SMILES string of the molecule is C[C@H]1Oc2nc(N)c(C(F)(F)F)cc2N(Cc2ccccc2)C1=O. The third kappa shape index (κ3) is 2.86. The van der Waals surface area contributed by atoms with E-state index in [0.29, 0.717) is 0 Å². The number of alkyl halides is 3. The molecule has 0 fully saturated rings. The minimum absolute atomic E-state index is 0.0384. The van der Waals surface area contributed by atoms with Crippen molar-refractivity contribution < 1.29 is 22.7 Å². The molecule has 1 aromatic carbocycles. The molecule has 3 rings (SSSR count). The minimum Gasteiger partial charge on any atom is -0.463 e. The molecular weight excluding hydrogens is 323 g/mol. The normalized spacial score (nSPS) is 17.4. The Bertz CT molecular complexity index is 778. The number of nitrogens with zero attached hydrogens (tertiary/aromatic N) is 2. The van der Waals surface area contributed by atoms with Crippen LogP contribution < -0.4 is 15.4 Å². The van der Waals surface area contributed by atoms with Crippen LogP contribution in [0.15, 0.2) is 36.4 Å². The Morgan fingerprint density at radius 3 is 2.58 bits per heavy atom. The Morgan fingerprint density at radius 2 is 1.96 bits per heavy atom. The van der Waals surface area contributed by atoms with Crippen LogP contribution in [-0.2, 0) is 17.5 Å². The first-order valence-electron chi connectivity index (χ1n) is 7.17. The van der Waals surface area contributed by atoms with Gasteiger partial charge in [-0.3, -0.25) is 9.69 Å². The fraction of sp³-hybridized carbons (Fsp3) is 0.250. The molecule has 0 radical (unpaired) electrons. The Balaban J connectivity index is 2.09. The number of rotatable bonds is 2. The van der Waals surface area contributed by atoms with Crippen molar-refractivity contribution in [2.75, 3.05) is 10.6 Å². The third-order valence-corrected chi connectivity index (χ3v) is 3.68. The molecular formula is C16H14F3N3O2. The molecule has 5 nitrogen and oxygen atoms in total. The summed E-state index contributed by atoms with van der Waals surface area (Å²) in [6.07, 6.45) is -5.53. The number of halogens is 3. The molecule has 0 saturated heterocycles. The van der Waals surface area contributed by atoms with E-state index in [-0.39, 0.29) is 18.1 Å². The van der Waals surface area contributed by atoms with Crippen molar-refractivity contribution in [1.82, 2.24) is 4.98 Å². The van der Waals surface area contributed by atoms with Crippen molar-refractivity contribution >= 4 is 17.4 Å². The highest BCUT2D eigenvalue weighted by Gasteiger charge is 2.39. The van der Waals surface area contributed by atoms with E-state index in [1.165, 1.54) is 11.8 Å². The first-order valence-corrected chi connectivity index (χ1v) is 7.17. The van der Waals surface area contributed by atoms with Crippen LogP contribution in [0.2, 0.25) is 0 Å². The molecule has 1 amide bonds. The van der Waals surface area contributed by atoms with Gasteiger partial charge >= 0.3 is 6.18 Å². The lowest BCUT2D eigenvalue weighted by Crippen LogP contribution is -2.44. The summed E-state index contributed by atoms with van der Waals surface area (Å²) in [5.41, 5.74) is 5.04. The van der Waals surface area contributed by atoms with E-state index in [0.717, 1.165) is 11.6 Å². The van der Waals surface area contributed by atoms with Gasteiger partial charge in [0.1, 0.15) is 11.5 Å². The van der Waals surface area contributed by atoms with Crippen molar-refractivity contribution in [3.05, 3.63) is 47.5 Å². The molecule has 0 saturated carbocycles. The maximum atomic E-state index is 13.1. The van der Waals surface area contributed by atoms with Crippen molar-refractivity contribution in [2.24, 2.45) is 0 Å². The Labute approximate surface area is 135 Å². The number of hydrogen-bond acceptors (Lipinski definition) is 4. The van der Waals surface area contributed by atoms with Crippen LogP contribution in [0.5, 0.6) is 5.88 Å². The van der Waals surface area contributed by atoms with E-state index < -0.39 is 29.6 Å². The van der Waals surface area contributed by atoms with Crippen LogP contribution >= 0.6 is 0 Å². The summed E-state index contributed by atoms with van der Waals surface area (Å²) in [6, 6.07) is 9.75. The van der Waals surface area contributed by atoms with Crippen molar-refractivity contribution in [1.29, 1.82) is 0 Å². The number of hydrogen-bond donors (Lipinski definition) is 1. The van der Waals surface area contributed by atoms with E-state index >= 15 is 0 Å². The van der Waals surface area contributed by atoms with Crippen molar-refractivity contribution in [3.63, 3.8) is 0 Å². The molecule has 1 aromatic heterocycles. The number of benzene rings is 1. The van der Waals surface area contributed by atoms with Gasteiger partial charge in [0.15, 0.2) is 6.10 Å². The number of ether oxygens (including phenoxy) is 1. The summed E-state index contributed by atoms with van der Waals surface area (Å²) in [5, 5.41) is 0. The molecule has 2 aromatic rings. The molecule has 1 atom stereocenters. The summed E-state index contributed by atoms with van der Waals surface area (Å²) in [5.74, 6) is -1.20. The number of aromatic nitrogens is 1. The molecule has 0 aliphatic carbocycles. The number of anilines is 2. The van der Waals surface area contributed by atoms with Gasteiger partial charge < -0.3 is 10.5 Å². The molecule has 1 aliphatic rings. The second-order valence-corrected chi connectivity index (χ2v) is 5.41. The maximum Gasteiger partial charge on any atom is 0.420 e. The molecule has 1 aliphatic heterocycles. The summed E-state index contributed by atoms with van der Waals surface area (Å²) in [7, 11) is 0. The van der Waals surface area contributed by atoms with Crippen LogP contribution in [0.3, 0.4) is 0 Å². The number of carbonyl (C=O) groups excluding carboxylic acids is 1. The van der Waals surface area contributed by atoms with Gasteiger partial charge in [0.05, 0.1) is 12.1 Å². The van der Waals surface area contributed by atoms with Crippen LogP contribution in [0.4, 0.5) is 24.7 Å².